The summed E-state index contributed by atoms with van der Waals surface area (Å²) in [5.41, 5.74) is 2.31. The minimum Gasteiger partial charge on any atom is -0.391 e. The first-order chi connectivity index (χ1) is 19.7. The van der Waals surface area contributed by atoms with Gasteiger partial charge in [-0.1, -0.05) is 47.5 Å². The maximum Gasteiger partial charge on any atom is 0.416 e. The second kappa shape index (κ2) is 11.7. The van der Waals surface area contributed by atoms with E-state index in [4.69, 9.17) is 4.98 Å². The van der Waals surface area contributed by atoms with Gasteiger partial charge in [0.05, 0.1) is 11.7 Å². The molecule has 2 unspecified atom stereocenters. The number of aliphatic hydroxyl groups is 1. The van der Waals surface area contributed by atoms with Gasteiger partial charge in [-0.05, 0) is 55.9 Å². The zero-order valence-corrected chi connectivity index (χ0v) is 22.3. The molecule has 5 rings (SSSR count). The third-order valence-electron chi connectivity index (χ3n) is 7.48. The molecule has 2 aromatic carbocycles. The van der Waals surface area contributed by atoms with E-state index in [9.17, 15) is 28.0 Å². The SMILES string of the molecule is Cc1cccc(-c2nc3nc(C=O)nc(NC(CC(O)CN=O)C4CCC4)c3n2Cc2ccc(C(F)(F)F)cc2)c1. The van der Waals surface area contributed by atoms with E-state index in [2.05, 4.69) is 20.5 Å². The minimum absolute atomic E-state index is 0.0857. The van der Waals surface area contributed by atoms with Crippen molar-refractivity contribution in [1.82, 2.24) is 19.5 Å². The molecule has 2 atom stereocenters. The summed E-state index contributed by atoms with van der Waals surface area (Å²) >= 11 is 0. The number of aromatic nitrogens is 4. The van der Waals surface area contributed by atoms with Crippen LogP contribution in [0.2, 0.25) is 0 Å². The van der Waals surface area contributed by atoms with E-state index in [1.165, 1.54) is 12.1 Å². The van der Waals surface area contributed by atoms with Crippen LogP contribution in [0.4, 0.5) is 19.0 Å². The Kier molecular flexibility index (Phi) is 8.11. The van der Waals surface area contributed by atoms with Gasteiger partial charge in [0.15, 0.2) is 23.6 Å². The highest BCUT2D eigenvalue weighted by molar-refractivity contribution is 5.89. The topological polar surface area (TPSA) is 122 Å². The summed E-state index contributed by atoms with van der Waals surface area (Å²) in [5.74, 6) is 0.953. The molecule has 1 aliphatic carbocycles. The number of carbonyl (C=O) groups excluding carboxylic acids is 1. The van der Waals surface area contributed by atoms with Gasteiger partial charge in [-0.2, -0.15) is 18.1 Å². The smallest absolute Gasteiger partial charge is 0.391 e. The molecule has 9 nitrogen and oxygen atoms in total. The number of benzene rings is 2. The van der Waals surface area contributed by atoms with Crippen LogP contribution in [0.1, 0.15) is 53.0 Å². The number of alkyl halides is 3. The van der Waals surface area contributed by atoms with E-state index in [0.717, 1.165) is 42.5 Å². The van der Waals surface area contributed by atoms with Gasteiger partial charge in [0.25, 0.3) is 0 Å². The Balaban J connectivity index is 1.64. The number of hydrogen-bond donors (Lipinski definition) is 2. The first-order valence-corrected chi connectivity index (χ1v) is 13.4. The van der Waals surface area contributed by atoms with E-state index < -0.39 is 17.8 Å². The Hall–Kier alpha value is -4.19. The van der Waals surface area contributed by atoms with Crippen molar-refractivity contribution in [1.29, 1.82) is 0 Å². The standard InChI is InChI=1S/C29H29F3N6O3/c1-17-4-2-7-20(12-17)28-37-27-25(38(28)15-18-8-10-21(11-9-18)29(30,31)32)26(35-24(16-39)36-27)34-23(19-5-3-6-19)13-22(40)14-33-41/h2,4,7-12,16,19,22-23,40H,3,5-6,13-15H2,1H3,(H,34,35,36). The second-order valence-electron chi connectivity index (χ2n) is 10.4. The molecule has 0 radical (unpaired) electrons. The number of nitroso groups, excluding NO2 is 1. The number of nitrogens with zero attached hydrogens (tertiary/aromatic N) is 5. The summed E-state index contributed by atoms with van der Waals surface area (Å²) in [4.78, 5) is 36.1. The van der Waals surface area contributed by atoms with Gasteiger partial charge < -0.3 is 15.0 Å². The molecule has 41 heavy (non-hydrogen) atoms. The van der Waals surface area contributed by atoms with Crippen LogP contribution in [0.25, 0.3) is 22.6 Å². The summed E-state index contributed by atoms with van der Waals surface area (Å²) in [5, 5.41) is 16.6. The van der Waals surface area contributed by atoms with Crippen molar-refractivity contribution in [3.63, 3.8) is 0 Å². The average molecular weight is 567 g/mol. The number of anilines is 1. The third kappa shape index (κ3) is 6.27. The molecule has 1 saturated carbocycles. The molecule has 2 N–H and O–H groups in total. The summed E-state index contributed by atoms with van der Waals surface area (Å²) in [6, 6.07) is 12.3. The number of aryl methyl sites for hydroxylation is 1. The van der Waals surface area contributed by atoms with Crippen molar-refractivity contribution >= 4 is 23.3 Å². The zero-order valence-electron chi connectivity index (χ0n) is 22.3. The lowest BCUT2D eigenvalue weighted by Crippen LogP contribution is -2.37. The summed E-state index contributed by atoms with van der Waals surface area (Å²) in [7, 11) is 0. The highest BCUT2D eigenvalue weighted by atomic mass is 19.4. The number of halogens is 3. The monoisotopic (exact) mass is 566 g/mol. The highest BCUT2D eigenvalue weighted by Crippen LogP contribution is 2.36. The van der Waals surface area contributed by atoms with Crippen molar-refractivity contribution in [3.8, 4) is 11.4 Å². The molecule has 0 amide bonds. The van der Waals surface area contributed by atoms with Crippen molar-refractivity contribution in [2.24, 2.45) is 11.1 Å². The number of rotatable bonds is 11. The van der Waals surface area contributed by atoms with Crippen LogP contribution in [0.3, 0.4) is 0 Å². The number of aliphatic hydroxyl groups excluding tert-OH is 1. The van der Waals surface area contributed by atoms with Gasteiger partial charge in [0, 0.05) is 18.2 Å². The Bertz CT molecular complexity index is 1550. The molecule has 214 valence electrons. The lowest BCUT2D eigenvalue weighted by Gasteiger charge is -2.35. The fraction of sp³-hybridized carbons (Fsp3) is 0.379. The number of fused-ring (bicyclic) bond motifs is 1. The van der Waals surface area contributed by atoms with Crippen LogP contribution in [-0.2, 0) is 12.7 Å². The van der Waals surface area contributed by atoms with Gasteiger partial charge >= 0.3 is 6.18 Å². The molecule has 1 fully saturated rings. The van der Waals surface area contributed by atoms with Gasteiger partial charge in [0.2, 0.25) is 0 Å². The van der Waals surface area contributed by atoms with Crippen LogP contribution in [-0.4, -0.2) is 49.6 Å². The molecule has 2 aromatic heterocycles. The Labute approximate surface area is 233 Å². The predicted molar refractivity (Wildman–Crippen MR) is 147 cm³/mol. The minimum atomic E-state index is -4.45. The summed E-state index contributed by atoms with van der Waals surface area (Å²) in [6.07, 6.45) is -1.75. The molecule has 2 heterocycles. The van der Waals surface area contributed by atoms with Crippen LogP contribution in [0.15, 0.2) is 53.7 Å². The molecule has 0 aliphatic heterocycles. The number of carbonyl (C=O) groups is 1. The van der Waals surface area contributed by atoms with E-state index in [-0.39, 0.29) is 42.9 Å². The first kappa shape index (κ1) is 28.3. The number of hydrogen-bond acceptors (Lipinski definition) is 8. The second-order valence-corrected chi connectivity index (χ2v) is 10.4. The van der Waals surface area contributed by atoms with E-state index in [0.29, 0.717) is 29.0 Å². The highest BCUT2D eigenvalue weighted by Gasteiger charge is 2.32. The van der Waals surface area contributed by atoms with Gasteiger partial charge in [-0.25, -0.2) is 15.0 Å². The Morgan fingerprint density at radius 1 is 1.15 bits per heavy atom. The maximum absolute atomic E-state index is 13.2. The van der Waals surface area contributed by atoms with Gasteiger partial charge in [-0.15, -0.1) is 0 Å². The predicted octanol–water partition coefficient (Wildman–Crippen LogP) is 5.78. The van der Waals surface area contributed by atoms with Crippen LogP contribution >= 0.6 is 0 Å². The van der Waals surface area contributed by atoms with Crippen LogP contribution in [0, 0.1) is 17.7 Å². The molecule has 12 heteroatoms. The van der Waals surface area contributed by atoms with Crippen molar-refractivity contribution < 1.29 is 23.1 Å². The molecular weight excluding hydrogens is 537 g/mol. The van der Waals surface area contributed by atoms with E-state index >= 15 is 0 Å². The van der Waals surface area contributed by atoms with Crippen molar-refractivity contribution in [2.45, 2.75) is 57.5 Å². The van der Waals surface area contributed by atoms with E-state index in [1.54, 1.807) is 0 Å². The quantitative estimate of drug-likeness (QED) is 0.174. The molecular formula is C29H29F3N6O3. The van der Waals surface area contributed by atoms with E-state index in [1.807, 2.05) is 35.8 Å². The lowest BCUT2D eigenvalue weighted by molar-refractivity contribution is -0.137. The molecule has 4 aromatic rings. The zero-order chi connectivity index (χ0) is 29.1. The largest absolute Gasteiger partial charge is 0.416 e. The van der Waals surface area contributed by atoms with Gasteiger partial charge in [-0.3, -0.25) is 4.79 Å². The Morgan fingerprint density at radius 2 is 1.90 bits per heavy atom. The number of nitrogens with one attached hydrogen (secondary N) is 1. The average Bonchev–Trinajstić information content (AvgIpc) is 3.26. The van der Waals surface area contributed by atoms with Crippen molar-refractivity contribution in [3.05, 3.63) is 76.0 Å². The molecule has 0 spiro atoms. The van der Waals surface area contributed by atoms with Crippen molar-refractivity contribution in [2.75, 3.05) is 11.9 Å². The molecule has 1 aliphatic rings. The number of imidazole rings is 1. The Morgan fingerprint density at radius 3 is 2.51 bits per heavy atom. The summed E-state index contributed by atoms with van der Waals surface area (Å²) < 4.78 is 41.4. The van der Waals surface area contributed by atoms with Crippen LogP contribution in [0.5, 0.6) is 0 Å². The lowest BCUT2D eigenvalue weighted by atomic mass is 9.78. The number of aldehydes is 1. The van der Waals surface area contributed by atoms with Gasteiger partial charge in [0.1, 0.15) is 17.9 Å². The molecule has 0 saturated heterocycles. The fourth-order valence-electron chi connectivity index (χ4n) is 5.19. The maximum atomic E-state index is 13.2. The fourth-order valence-corrected chi connectivity index (χ4v) is 5.19. The molecule has 0 bridgehead atoms. The summed E-state index contributed by atoms with van der Waals surface area (Å²) in [6.45, 7) is 1.85. The first-order valence-electron chi connectivity index (χ1n) is 13.4. The van der Waals surface area contributed by atoms with Crippen LogP contribution < -0.4 is 5.32 Å². The third-order valence-corrected chi connectivity index (χ3v) is 7.48. The normalized spacial score (nSPS) is 15.3.